The third-order valence-corrected chi connectivity index (χ3v) is 11.9. The number of nitrogens with one attached hydrogen (secondary N) is 2. The van der Waals surface area contributed by atoms with Gasteiger partial charge < -0.3 is 15.1 Å². The summed E-state index contributed by atoms with van der Waals surface area (Å²) < 4.78 is 73.6. The Bertz CT molecular complexity index is 2440. The Labute approximate surface area is 327 Å². The van der Waals surface area contributed by atoms with E-state index in [4.69, 9.17) is 0 Å². The van der Waals surface area contributed by atoms with E-state index in [0.717, 1.165) is 79.5 Å². The number of piperidine rings is 2. The maximum absolute atomic E-state index is 14.1. The highest BCUT2D eigenvalue weighted by molar-refractivity contribution is 6.08. The molecule has 2 saturated heterocycles. The van der Waals surface area contributed by atoms with Crippen LogP contribution in [0.25, 0.3) is 16.7 Å². The normalized spacial score (nSPS) is 21.1. The average molecular weight is 812 g/mol. The molecule has 2 aliphatic heterocycles. The fraction of sp³-hybridized carbons (Fsp3) is 0.500. The zero-order valence-electron chi connectivity index (χ0n) is 31.8. The Hall–Kier alpha value is -5.66. The number of imide groups is 1. The molecule has 3 fully saturated rings. The number of hydrogen-bond acceptors (Lipinski definition) is 9. The van der Waals surface area contributed by atoms with Crippen molar-refractivity contribution in [1.29, 1.82) is 0 Å². The predicted octanol–water partition coefficient (Wildman–Crippen LogP) is 5.10. The highest BCUT2D eigenvalue weighted by Crippen LogP contribution is 2.37. The molecule has 0 radical (unpaired) electrons. The lowest BCUT2D eigenvalue weighted by Gasteiger charge is -2.40. The van der Waals surface area contributed by atoms with E-state index in [9.17, 15) is 41.1 Å². The summed E-state index contributed by atoms with van der Waals surface area (Å²) in [5, 5.41) is 12.7. The monoisotopic (exact) mass is 811 g/mol. The first kappa shape index (κ1) is 39.2. The lowest BCUT2D eigenvalue weighted by atomic mass is 9.85. The van der Waals surface area contributed by atoms with Gasteiger partial charge >= 0.3 is 11.9 Å². The average Bonchev–Trinajstić information content (AvgIpc) is 3.89. The second kappa shape index (κ2) is 15.3. The number of fused-ring (bicyclic) bond motifs is 2. The molecule has 3 amide bonds. The number of aromatic nitrogens is 7. The largest absolute Gasteiger partial charge is 0.433 e. The predicted molar refractivity (Wildman–Crippen MR) is 201 cm³/mol. The van der Waals surface area contributed by atoms with Crippen LogP contribution in [0.15, 0.2) is 47.7 Å². The number of imidazole rings is 1. The van der Waals surface area contributed by atoms with Crippen LogP contribution in [0.2, 0.25) is 0 Å². The molecule has 308 valence electrons. The fourth-order valence-corrected chi connectivity index (χ4v) is 8.83. The van der Waals surface area contributed by atoms with Crippen molar-refractivity contribution >= 4 is 45.8 Å². The van der Waals surface area contributed by atoms with Crippen LogP contribution in [0.3, 0.4) is 0 Å². The van der Waals surface area contributed by atoms with E-state index in [1.807, 2.05) is 18.2 Å². The minimum absolute atomic E-state index is 0.171. The van der Waals surface area contributed by atoms with Crippen molar-refractivity contribution < 1.29 is 36.3 Å². The van der Waals surface area contributed by atoms with Crippen LogP contribution in [0.4, 0.5) is 33.3 Å². The van der Waals surface area contributed by atoms with Gasteiger partial charge in [-0.3, -0.25) is 33.5 Å². The summed E-state index contributed by atoms with van der Waals surface area (Å²) in [6.45, 7) is 2.40. The Morgan fingerprint density at radius 1 is 1.03 bits per heavy atom. The number of nitrogens with zero attached hydrogens (tertiary/aromatic N) is 9. The van der Waals surface area contributed by atoms with Crippen molar-refractivity contribution in [3.63, 3.8) is 0 Å². The number of aryl methyl sites for hydroxylation is 1. The van der Waals surface area contributed by atoms with Crippen LogP contribution < -0.4 is 21.2 Å². The van der Waals surface area contributed by atoms with E-state index in [1.165, 1.54) is 15.4 Å². The van der Waals surface area contributed by atoms with Gasteiger partial charge in [0.25, 0.3) is 12.3 Å². The smallest absolute Gasteiger partial charge is 0.370 e. The van der Waals surface area contributed by atoms with Crippen molar-refractivity contribution in [2.45, 2.75) is 82.1 Å². The molecule has 0 spiro atoms. The maximum Gasteiger partial charge on any atom is 0.433 e. The third kappa shape index (κ3) is 7.33. The number of para-hydroxylation sites is 1. The summed E-state index contributed by atoms with van der Waals surface area (Å²) in [5.41, 5.74) is -0.727. The summed E-state index contributed by atoms with van der Waals surface area (Å²) in [4.78, 5) is 59.2. The number of hydrogen-bond donors (Lipinski definition) is 2. The van der Waals surface area contributed by atoms with Crippen molar-refractivity contribution in [3.8, 4) is 0 Å². The number of halogens is 5. The molecular weight excluding hydrogens is 769 g/mol. The van der Waals surface area contributed by atoms with Crippen molar-refractivity contribution in [2.24, 2.45) is 13.0 Å². The quantitative estimate of drug-likeness (QED) is 0.153. The van der Waals surface area contributed by atoms with Gasteiger partial charge in [-0.25, -0.2) is 23.1 Å². The zero-order valence-corrected chi connectivity index (χ0v) is 31.8. The molecule has 58 heavy (non-hydrogen) atoms. The van der Waals surface area contributed by atoms with Crippen LogP contribution in [-0.4, -0.2) is 88.9 Å². The molecule has 1 saturated carbocycles. The second-order valence-corrected chi connectivity index (χ2v) is 15.5. The zero-order chi connectivity index (χ0) is 41.0. The number of carbonyl (C=O) groups is 3. The van der Waals surface area contributed by atoms with Gasteiger partial charge in [-0.05, 0) is 76.1 Å². The summed E-state index contributed by atoms with van der Waals surface area (Å²) in [7, 11) is 3.83. The highest BCUT2D eigenvalue weighted by atomic mass is 19.4. The lowest BCUT2D eigenvalue weighted by molar-refractivity contribution is -0.141. The van der Waals surface area contributed by atoms with Crippen molar-refractivity contribution in [1.82, 2.24) is 43.7 Å². The Kier molecular flexibility index (Phi) is 10.3. The van der Waals surface area contributed by atoms with E-state index >= 15 is 0 Å². The molecule has 20 heteroatoms. The molecule has 1 aliphatic carbocycles. The van der Waals surface area contributed by atoms with Gasteiger partial charge in [0.15, 0.2) is 11.3 Å². The van der Waals surface area contributed by atoms with Crippen LogP contribution in [0.5, 0.6) is 0 Å². The molecule has 5 aromatic rings. The number of benzene rings is 1. The minimum atomic E-state index is -4.75. The number of amides is 3. The maximum atomic E-state index is 14.1. The molecule has 0 bridgehead atoms. The van der Waals surface area contributed by atoms with Crippen LogP contribution >= 0.6 is 0 Å². The second-order valence-electron chi connectivity index (χ2n) is 15.5. The topological polar surface area (TPSA) is 157 Å². The molecule has 4 aromatic heterocycles. The van der Waals surface area contributed by atoms with E-state index in [1.54, 1.807) is 11.6 Å². The van der Waals surface area contributed by atoms with Crippen molar-refractivity contribution in [3.05, 3.63) is 70.3 Å². The summed E-state index contributed by atoms with van der Waals surface area (Å²) in [5.74, 6) is -1.37. The molecule has 1 aromatic carbocycles. The molecule has 1 atom stereocenters. The SMILES string of the molecule is CN(CC1CCC(n2cc(NC(=O)c3cnn4ccc(C(F)(F)F)nc34)c(C(F)F)n2)CC1)C1CCN(c2cccc3c2n(C)c(=O)n3C2CCC(=O)NC2=O)CC1. The van der Waals surface area contributed by atoms with Gasteiger partial charge in [0.2, 0.25) is 11.8 Å². The molecule has 8 rings (SSSR count). The first-order chi connectivity index (χ1) is 27.7. The van der Waals surface area contributed by atoms with Crippen LogP contribution in [-0.2, 0) is 22.8 Å². The standard InChI is InChI=1S/C38H42F5N11O4/c1-49(22-12-15-51(16-13-22)26-4-3-5-27-32(26)50(2)37(58)54(27)28-10-11-30(55)47-36(28)57)19-21-6-8-23(9-7-21)53-20-25(31(48-53)33(39)40)45-35(56)24-18-44-52-17-14-29(38(41,42)43)46-34(24)52/h3-5,14,17-18,20-23,28,33H,6-13,15-16,19H2,1-2H3,(H,45,56)(H,47,55,57). The third-order valence-electron chi connectivity index (χ3n) is 11.9. The number of carbonyl (C=O) groups excluding carboxylic acids is 3. The molecular formula is C38H42F5N11O4. The molecule has 1 unspecified atom stereocenters. The Morgan fingerprint density at radius 3 is 2.47 bits per heavy atom. The molecule has 3 aliphatic rings. The van der Waals surface area contributed by atoms with Crippen LogP contribution in [0.1, 0.15) is 91.6 Å². The number of alkyl halides is 5. The Balaban J connectivity index is 0.871. The van der Waals surface area contributed by atoms with Gasteiger partial charge in [-0.1, -0.05) is 6.07 Å². The van der Waals surface area contributed by atoms with Crippen LogP contribution in [0, 0.1) is 5.92 Å². The summed E-state index contributed by atoms with van der Waals surface area (Å²) in [6, 6.07) is 5.85. The lowest BCUT2D eigenvalue weighted by Crippen LogP contribution is -2.45. The summed E-state index contributed by atoms with van der Waals surface area (Å²) >= 11 is 0. The first-order valence-electron chi connectivity index (χ1n) is 19.3. The molecule has 6 heterocycles. The number of anilines is 2. The Morgan fingerprint density at radius 2 is 1.78 bits per heavy atom. The van der Waals surface area contributed by atoms with Gasteiger partial charge in [-0.15, -0.1) is 0 Å². The molecule has 2 N–H and O–H groups in total. The number of rotatable bonds is 9. The summed E-state index contributed by atoms with van der Waals surface area (Å²) in [6.07, 6.45) is 0.937. The first-order valence-corrected chi connectivity index (χ1v) is 19.3. The van der Waals surface area contributed by atoms with Gasteiger partial charge in [0.1, 0.15) is 17.3 Å². The van der Waals surface area contributed by atoms with E-state index in [2.05, 4.69) is 42.7 Å². The van der Waals surface area contributed by atoms with Gasteiger partial charge in [0, 0.05) is 51.5 Å². The van der Waals surface area contributed by atoms with E-state index in [-0.39, 0.29) is 47.4 Å². The fourth-order valence-electron chi connectivity index (χ4n) is 8.83. The van der Waals surface area contributed by atoms with E-state index in [0.29, 0.717) is 30.3 Å². The highest BCUT2D eigenvalue weighted by Gasteiger charge is 2.35. The van der Waals surface area contributed by atoms with Gasteiger partial charge in [0.05, 0.1) is 34.6 Å². The molecule has 15 nitrogen and oxygen atoms in total. The van der Waals surface area contributed by atoms with Gasteiger partial charge in [-0.2, -0.15) is 23.4 Å². The minimum Gasteiger partial charge on any atom is -0.370 e. The van der Waals surface area contributed by atoms with Crippen molar-refractivity contribution in [2.75, 3.05) is 36.9 Å². The van der Waals surface area contributed by atoms with E-state index < -0.39 is 41.8 Å².